The molecule has 0 saturated heterocycles. The van der Waals surface area contributed by atoms with Crippen molar-refractivity contribution in [3.8, 4) is 0 Å². The highest BCUT2D eigenvalue weighted by molar-refractivity contribution is 5.88. The molecule has 0 aliphatic heterocycles. The zero-order chi connectivity index (χ0) is 14.4. The van der Waals surface area contributed by atoms with Gasteiger partial charge in [0.1, 0.15) is 12.0 Å². The molecule has 0 aliphatic carbocycles. The maximum absolute atomic E-state index is 11.3. The Morgan fingerprint density at radius 3 is 2.80 bits per heavy atom. The first-order chi connectivity index (χ1) is 9.74. The minimum Gasteiger partial charge on any atom is -0.467 e. The van der Waals surface area contributed by atoms with E-state index < -0.39 is 5.97 Å². The lowest BCUT2D eigenvalue weighted by Crippen LogP contribution is -2.23. The summed E-state index contributed by atoms with van der Waals surface area (Å²) in [5, 5.41) is 12.6. The van der Waals surface area contributed by atoms with Gasteiger partial charge < -0.3 is 19.6 Å². The highest BCUT2D eigenvalue weighted by Crippen LogP contribution is 2.14. The number of furan rings is 1. The molecule has 0 amide bonds. The molecule has 0 radical (unpaired) electrons. The number of benzene rings is 1. The summed E-state index contributed by atoms with van der Waals surface area (Å²) in [5.74, 6) is 0.182. The van der Waals surface area contributed by atoms with Gasteiger partial charge >= 0.3 is 5.97 Å². The van der Waals surface area contributed by atoms with Crippen molar-refractivity contribution in [2.75, 3.05) is 13.7 Å². The van der Waals surface area contributed by atoms with E-state index in [2.05, 4.69) is 10.1 Å². The molecule has 0 fully saturated rings. The molecule has 0 spiro atoms. The zero-order valence-electron chi connectivity index (χ0n) is 11.2. The third-order valence-corrected chi connectivity index (χ3v) is 2.98. The van der Waals surface area contributed by atoms with Gasteiger partial charge in [0.05, 0.1) is 31.9 Å². The van der Waals surface area contributed by atoms with E-state index in [1.165, 1.54) is 13.4 Å². The molecule has 0 aliphatic rings. The third-order valence-electron chi connectivity index (χ3n) is 2.98. The van der Waals surface area contributed by atoms with Gasteiger partial charge in [0.15, 0.2) is 0 Å². The molecule has 2 rings (SSSR count). The monoisotopic (exact) mass is 275 g/mol. The Morgan fingerprint density at radius 1 is 1.40 bits per heavy atom. The number of aliphatic hydroxyl groups excluding tert-OH is 1. The van der Waals surface area contributed by atoms with Gasteiger partial charge in [-0.2, -0.15) is 0 Å². The molecule has 106 valence electrons. The van der Waals surface area contributed by atoms with Crippen molar-refractivity contribution >= 4 is 5.97 Å². The Hall–Kier alpha value is -2.11. The summed E-state index contributed by atoms with van der Waals surface area (Å²) in [6, 6.07) is 11.1. The maximum Gasteiger partial charge on any atom is 0.341 e. The number of rotatable bonds is 6. The molecule has 0 unspecified atom stereocenters. The quantitative estimate of drug-likeness (QED) is 0.788. The molecule has 1 aromatic heterocycles. The fraction of sp³-hybridized carbons (Fsp3) is 0.267. The van der Waals surface area contributed by atoms with Gasteiger partial charge in [-0.25, -0.2) is 4.79 Å². The Labute approximate surface area is 117 Å². The Bertz CT molecular complexity index is 550. The van der Waals surface area contributed by atoms with E-state index in [9.17, 15) is 9.90 Å². The lowest BCUT2D eigenvalue weighted by molar-refractivity contribution is 0.0600. The van der Waals surface area contributed by atoms with Crippen LogP contribution in [-0.4, -0.2) is 24.8 Å². The van der Waals surface area contributed by atoms with Crippen LogP contribution in [0.15, 0.2) is 47.1 Å². The summed E-state index contributed by atoms with van der Waals surface area (Å²) in [6.45, 7) is 0.395. The Morgan fingerprint density at radius 2 is 2.15 bits per heavy atom. The van der Waals surface area contributed by atoms with Crippen LogP contribution in [0.2, 0.25) is 0 Å². The lowest BCUT2D eigenvalue weighted by Gasteiger charge is -2.15. The van der Waals surface area contributed by atoms with Crippen LogP contribution in [0.5, 0.6) is 0 Å². The van der Waals surface area contributed by atoms with Crippen LogP contribution in [0.3, 0.4) is 0 Å². The van der Waals surface area contributed by atoms with E-state index in [0.717, 1.165) is 5.56 Å². The van der Waals surface area contributed by atoms with E-state index in [1.54, 1.807) is 6.07 Å². The second-order valence-electron chi connectivity index (χ2n) is 4.32. The van der Waals surface area contributed by atoms with Crippen molar-refractivity contribution in [3.63, 3.8) is 0 Å². The number of ether oxygens (including phenoxy) is 1. The summed E-state index contributed by atoms with van der Waals surface area (Å²) in [7, 11) is 1.32. The van der Waals surface area contributed by atoms with Crippen LogP contribution in [0, 0.1) is 0 Å². The predicted molar refractivity (Wildman–Crippen MR) is 73.2 cm³/mol. The lowest BCUT2D eigenvalue weighted by atomic mass is 10.1. The summed E-state index contributed by atoms with van der Waals surface area (Å²) >= 11 is 0. The number of carbonyl (C=O) groups is 1. The standard InChI is InChI=1S/C15H17NO4/c1-19-15(18)12-7-13(20-10-12)8-16-14(9-17)11-5-3-2-4-6-11/h2-7,10,14,16-17H,8-9H2,1H3/t14-/m1/s1. The van der Waals surface area contributed by atoms with E-state index in [1.807, 2.05) is 30.3 Å². The number of hydrogen-bond donors (Lipinski definition) is 2. The smallest absolute Gasteiger partial charge is 0.341 e. The Balaban J connectivity index is 1.97. The van der Waals surface area contributed by atoms with Crippen LogP contribution in [-0.2, 0) is 11.3 Å². The number of carbonyl (C=O) groups excluding carboxylic acids is 1. The third kappa shape index (κ3) is 3.46. The first-order valence-electron chi connectivity index (χ1n) is 6.29. The summed E-state index contributed by atoms with van der Waals surface area (Å²) in [4.78, 5) is 11.3. The van der Waals surface area contributed by atoms with Crippen molar-refractivity contribution in [1.82, 2.24) is 5.32 Å². The summed E-state index contributed by atoms with van der Waals surface area (Å²) in [6.07, 6.45) is 1.36. The second-order valence-corrected chi connectivity index (χ2v) is 4.32. The number of hydrogen-bond acceptors (Lipinski definition) is 5. The average Bonchev–Trinajstić information content (AvgIpc) is 2.97. The van der Waals surface area contributed by atoms with Crippen LogP contribution < -0.4 is 5.32 Å². The molecule has 1 aromatic carbocycles. The summed E-state index contributed by atoms with van der Waals surface area (Å²) in [5.41, 5.74) is 1.37. The Kier molecular flexibility index (Phi) is 4.92. The molecular weight excluding hydrogens is 258 g/mol. The van der Waals surface area contributed by atoms with E-state index in [4.69, 9.17) is 4.42 Å². The summed E-state index contributed by atoms with van der Waals surface area (Å²) < 4.78 is 9.88. The van der Waals surface area contributed by atoms with Crippen molar-refractivity contribution in [1.29, 1.82) is 0 Å². The van der Waals surface area contributed by atoms with E-state index in [0.29, 0.717) is 17.9 Å². The minimum atomic E-state index is -0.429. The van der Waals surface area contributed by atoms with E-state index in [-0.39, 0.29) is 12.6 Å². The fourth-order valence-electron chi connectivity index (χ4n) is 1.90. The van der Waals surface area contributed by atoms with Crippen LogP contribution in [0.1, 0.15) is 27.7 Å². The highest BCUT2D eigenvalue weighted by Gasteiger charge is 2.13. The number of esters is 1. The molecule has 2 N–H and O–H groups in total. The number of methoxy groups -OCH3 is 1. The molecule has 1 heterocycles. The van der Waals surface area contributed by atoms with Gasteiger partial charge in [-0.05, 0) is 11.6 Å². The van der Waals surface area contributed by atoms with Crippen LogP contribution in [0.4, 0.5) is 0 Å². The van der Waals surface area contributed by atoms with Gasteiger partial charge in [0, 0.05) is 0 Å². The molecule has 2 aromatic rings. The average molecular weight is 275 g/mol. The molecule has 5 nitrogen and oxygen atoms in total. The molecule has 1 atom stereocenters. The van der Waals surface area contributed by atoms with Crippen molar-refractivity contribution in [3.05, 3.63) is 59.5 Å². The molecule has 5 heteroatoms. The maximum atomic E-state index is 11.3. The van der Waals surface area contributed by atoms with Crippen LogP contribution >= 0.6 is 0 Å². The second kappa shape index (κ2) is 6.88. The van der Waals surface area contributed by atoms with Gasteiger partial charge in [-0.3, -0.25) is 0 Å². The topological polar surface area (TPSA) is 71.7 Å². The van der Waals surface area contributed by atoms with Crippen molar-refractivity contribution in [2.45, 2.75) is 12.6 Å². The largest absolute Gasteiger partial charge is 0.467 e. The van der Waals surface area contributed by atoms with Crippen molar-refractivity contribution < 1.29 is 19.1 Å². The minimum absolute atomic E-state index is 0.0193. The van der Waals surface area contributed by atoms with Gasteiger partial charge in [0.2, 0.25) is 0 Å². The highest BCUT2D eigenvalue weighted by atomic mass is 16.5. The molecule has 0 saturated carbocycles. The number of aliphatic hydroxyl groups is 1. The van der Waals surface area contributed by atoms with E-state index >= 15 is 0 Å². The normalized spacial score (nSPS) is 12.1. The van der Waals surface area contributed by atoms with Crippen molar-refractivity contribution in [2.24, 2.45) is 0 Å². The molecule has 20 heavy (non-hydrogen) atoms. The molecular formula is C15H17NO4. The first-order valence-corrected chi connectivity index (χ1v) is 6.29. The predicted octanol–water partition coefficient (Wildman–Crippen LogP) is 1.89. The SMILES string of the molecule is COC(=O)c1coc(CN[C@H](CO)c2ccccc2)c1. The van der Waals surface area contributed by atoms with Gasteiger partial charge in [-0.15, -0.1) is 0 Å². The zero-order valence-corrected chi connectivity index (χ0v) is 11.2. The molecule has 0 bridgehead atoms. The number of nitrogens with one attached hydrogen (secondary N) is 1. The van der Waals surface area contributed by atoms with Gasteiger partial charge in [-0.1, -0.05) is 30.3 Å². The van der Waals surface area contributed by atoms with Crippen LogP contribution in [0.25, 0.3) is 0 Å². The first kappa shape index (κ1) is 14.3. The van der Waals surface area contributed by atoms with Gasteiger partial charge in [0.25, 0.3) is 0 Å². The fourth-order valence-corrected chi connectivity index (χ4v) is 1.90.